The minimum atomic E-state index is 0.0393. The maximum Gasteiger partial charge on any atom is 0.0692 e. The van der Waals surface area contributed by atoms with E-state index in [4.69, 9.17) is 16.7 Å². The quantitative estimate of drug-likeness (QED) is 0.877. The molecule has 0 radical (unpaired) electrons. The largest absolute Gasteiger partial charge is 0.392 e. The normalized spacial score (nSPS) is 10.5. The van der Waals surface area contributed by atoms with Crippen molar-refractivity contribution in [3.05, 3.63) is 57.5 Å². The van der Waals surface area contributed by atoms with Gasteiger partial charge in [0.15, 0.2) is 0 Å². The van der Waals surface area contributed by atoms with Crippen LogP contribution in [0.5, 0.6) is 0 Å². The predicted molar refractivity (Wildman–Crippen MR) is 75.6 cm³/mol. The number of halogens is 2. The van der Waals surface area contributed by atoms with Gasteiger partial charge in [0.05, 0.1) is 11.6 Å². The first-order valence-electron chi connectivity index (χ1n) is 5.02. The molecule has 0 aliphatic carbocycles. The molecule has 1 N–H and O–H groups in total. The zero-order valence-corrected chi connectivity index (χ0v) is 12.0. The van der Waals surface area contributed by atoms with Crippen molar-refractivity contribution in [2.75, 3.05) is 0 Å². The van der Waals surface area contributed by atoms with E-state index < -0.39 is 0 Å². The molecule has 0 spiro atoms. The SMILES string of the molecule is OCc1ccc(Sc2ccccc2Cl)cc1Br. The molecule has 0 amide bonds. The van der Waals surface area contributed by atoms with Gasteiger partial charge in [-0.15, -0.1) is 0 Å². The lowest BCUT2D eigenvalue weighted by Gasteiger charge is -2.06. The Balaban J connectivity index is 2.25. The molecule has 0 unspecified atom stereocenters. The van der Waals surface area contributed by atoms with Crippen LogP contribution in [0, 0.1) is 0 Å². The second-order valence-electron chi connectivity index (χ2n) is 3.44. The molecule has 0 heterocycles. The van der Waals surface area contributed by atoms with E-state index in [2.05, 4.69) is 15.9 Å². The molecular weight excluding hydrogens is 320 g/mol. The predicted octanol–water partition coefficient (Wildman–Crippen LogP) is 4.75. The van der Waals surface area contributed by atoms with Crippen molar-refractivity contribution >= 4 is 39.3 Å². The van der Waals surface area contributed by atoms with Crippen LogP contribution in [-0.4, -0.2) is 5.11 Å². The van der Waals surface area contributed by atoms with Crippen molar-refractivity contribution in [1.82, 2.24) is 0 Å². The van der Waals surface area contributed by atoms with Crippen LogP contribution in [-0.2, 0) is 6.61 Å². The van der Waals surface area contributed by atoms with Crippen LogP contribution in [0.15, 0.2) is 56.7 Å². The van der Waals surface area contributed by atoms with Crippen LogP contribution < -0.4 is 0 Å². The molecule has 0 bridgehead atoms. The highest BCUT2D eigenvalue weighted by Crippen LogP contribution is 2.34. The molecular formula is C13H10BrClOS. The monoisotopic (exact) mass is 328 g/mol. The van der Waals surface area contributed by atoms with Gasteiger partial charge in [0.25, 0.3) is 0 Å². The summed E-state index contributed by atoms with van der Waals surface area (Å²) in [5.41, 5.74) is 0.883. The molecule has 0 atom stereocenters. The lowest BCUT2D eigenvalue weighted by Crippen LogP contribution is -1.85. The van der Waals surface area contributed by atoms with E-state index in [1.165, 1.54) is 0 Å². The van der Waals surface area contributed by atoms with Crippen LogP contribution in [0.4, 0.5) is 0 Å². The van der Waals surface area contributed by atoms with Crippen molar-refractivity contribution in [3.63, 3.8) is 0 Å². The van der Waals surface area contributed by atoms with Gasteiger partial charge in [-0.05, 0) is 29.8 Å². The first-order valence-corrected chi connectivity index (χ1v) is 7.01. The van der Waals surface area contributed by atoms with Crippen molar-refractivity contribution in [1.29, 1.82) is 0 Å². The highest BCUT2D eigenvalue weighted by atomic mass is 79.9. The Bertz CT molecular complexity index is 531. The maximum atomic E-state index is 9.09. The standard InChI is InChI=1S/C13H10BrClOS/c14-11-7-10(6-5-9(11)8-16)17-13-4-2-1-3-12(13)15/h1-7,16H,8H2. The average molecular weight is 330 g/mol. The number of hydrogen-bond donors (Lipinski definition) is 1. The minimum absolute atomic E-state index is 0.0393. The molecule has 4 heteroatoms. The average Bonchev–Trinajstić information content (AvgIpc) is 2.32. The summed E-state index contributed by atoms with van der Waals surface area (Å²) in [6.07, 6.45) is 0. The smallest absolute Gasteiger partial charge is 0.0692 e. The number of hydrogen-bond acceptors (Lipinski definition) is 2. The van der Waals surface area contributed by atoms with Gasteiger partial charge >= 0.3 is 0 Å². The van der Waals surface area contributed by atoms with Gasteiger partial charge in [-0.25, -0.2) is 0 Å². The summed E-state index contributed by atoms with van der Waals surface area (Å²) in [5, 5.41) is 9.84. The fraction of sp³-hybridized carbons (Fsp3) is 0.0769. The van der Waals surface area contributed by atoms with Crippen LogP contribution in [0.25, 0.3) is 0 Å². The fourth-order valence-corrected chi connectivity index (χ4v) is 3.16. The summed E-state index contributed by atoms with van der Waals surface area (Å²) in [6, 6.07) is 13.6. The summed E-state index contributed by atoms with van der Waals surface area (Å²) >= 11 is 11.1. The Morgan fingerprint density at radius 3 is 2.59 bits per heavy atom. The number of benzene rings is 2. The first kappa shape index (κ1) is 13.0. The van der Waals surface area contributed by atoms with E-state index in [1.807, 2.05) is 42.5 Å². The molecule has 0 aliphatic heterocycles. The topological polar surface area (TPSA) is 20.2 Å². The Morgan fingerprint density at radius 1 is 1.18 bits per heavy atom. The Hall–Kier alpha value is -0.480. The highest BCUT2D eigenvalue weighted by Gasteiger charge is 2.04. The Morgan fingerprint density at radius 2 is 1.94 bits per heavy atom. The molecule has 1 nitrogen and oxygen atoms in total. The summed E-state index contributed by atoms with van der Waals surface area (Å²) in [4.78, 5) is 2.11. The molecule has 0 aliphatic rings. The molecule has 2 aromatic rings. The molecule has 2 aromatic carbocycles. The third-order valence-corrected chi connectivity index (χ3v) is 4.50. The van der Waals surface area contributed by atoms with E-state index in [1.54, 1.807) is 11.8 Å². The molecule has 0 saturated carbocycles. The van der Waals surface area contributed by atoms with E-state index in [0.717, 1.165) is 24.8 Å². The third kappa shape index (κ3) is 3.26. The number of aliphatic hydroxyl groups is 1. The zero-order valence-electron chi connectivity index (χ0n) is 8.86. The van der Waals surface area contributed by atoms with Gasteiger partial charge < -0.3 is 5.11 Å². The molecule has 0 saturated heterocycles. The van der Waals surface area contributed by atoms with Gasteiger partial charge in [-0.1, -0.05) is 57.5 Å². The van der Waals surface area contributed by atoms with E-state index >= 15 is 0 Å². The van der Waals surface area contributed by atoms with Crippen LogP contribution in [0.2, 0.25) is 5.02 Å². The van der Waals surface area contributed by atoms with Crippen molar-refractivity contribution < 1.29 is 5.11 Å². The van der Waals surface area contributed by atoms with Gasteiger partial charge in [0.1, 0.15) is 0 Å². The molecule has 0 fully saturated rings. The zero-order chi connectivity index (χ0) is 12.3. The lowest BCUT2D eigenvalue weighted by atomic mass is 10.2. The lowest BCUT2D eigenvalue weighted by molar-refractivity contribution is 0.281. The number of aliphatic hydroxyl groups excluding tert-OH is 1. The fourth-order valence-electron chi connectivity index (χ4n) is 1.37. The van der Waals surface area contributed by atoms with E-state index in [9.17, 15) is 0 Å². The summed E-state index contributed by atoms with van der Waals surface area (Å²) in [7, 11) is 0. The summed E-state index contributed by atoms with van der Waals surface area (Å²) in [5.74, 6) is 0. The van der Waals surface area contributed by atoms with Gasteiger partial charge in [0.2, 0.25) is 0 Å². The van der Waals surface area contributed by atoms with Crippen molar-refractivity contribution in [2.24, 2.45) is 0 Å². The van der Waals surface area contributed by atoms with E-state index in [-0.39, 0.29) is 6.61 Å². The molecule has 17 heavy (non-hydrogen) atoms. The second-order valence-corrected chi connectivity index (χ2v) is 5.82. The Labute approximate surface area is 118 Å². The van der Waals surface area contributed by atoms with Crippen LogP contribution in [0.3, 0.4) is 0 Å². The first-order chi connectivity index (χ1) is 8.20. The molecule has 88 valence electrons. The van der Waals surface area contributed by atoms with Crippen LogP contribution >= 0.6 is 39.3 Å². The van der Waals surface area contributed by atoms with Gasteiger partial charge in [0, 0.05) is 14.3 Å². The van der Waals surface area contributed by atoms with Crippen molar-refractivity contribution in [2.45, 2.75) is 16.4 Å². The van der Waals surface area contributed by atoms with Gasteiger partial charge in [-0.2, -0.15) is 0 Å². The molecule has 2 rings (SSSR count). The number of rotatable bonds is 3. The Kier molecular flexibility index (Phi) is 4.51. The highest BCUT2D eigenvalue weighted by molar-refractivity contribution is 9.10. The second kappa shape index (κ2) is 5.91. The van der Waals surface area contributed by atoms with Crippen LogP contribution in [0.1, 0.15) is 5.56 Å². The third-order valence-electron chi connectivity index (χ3n) is 2.26. The summed E-state index contributed by atoms with van der Waals surface area (Å²) < 4.78 is 0.914. The maximum absolute atomic E-state index is 9.09. The van der Waals surface area contributed by atoms with Crippen molar-refractivity contribution in [3.8, 4) is 0 Å². The van der Waals surface area contributed by atoms with Gasteiger partial charge in [-0.3, -0.25) is 0 Å². The minimum Gasteiger partial charge on any atom is -0.392 e. The van der Waals surface area contributed by atoms with E-state index in [0.29, 0.717) is 0 Å². The summed E-state index contributed by atoms with van der Waals surface area (Å²) in [6.45, 7) is 0.0393. The molecule has 0 aromatic heterocycles.